The molecule has 0 bridgehead atoms. The first kappa shape index (κ1) is 13.4. The Hall–Kier alpha value is -1.99. The Bertz CT molecular complexity index is 432. The van der Waals surface area contributed by atoms with Gasteiger partial charge < -0.3 is 10.2 Å². The molecule has 0 spiro atoms. The number of amides is 2. The third-order valence-electron chi connectivity index (χ3n) is 3.21. The van der Waals surface area contributed by atoms with Gasteiger partial charge >= 0.3 is 0 Å². The summed E-state index contributed by atoms with van der Waals surface area (Å²) in [7, 11) is 0. The molecule has 1 saturated heterocycles. The molecular weight excluding hydrogens is 248 g/mol. The summed E-state index contributed by atoms with van der Waals surface area (Å²) in [6.45, 7) is 3.47. The van der Waals surface area contributed by atoms with Gasteiger partial charge in [-0.3, -0.25) is 9.59 Å². The number of aromatic nitrogens is 4. The first-order valence-corrected chi connectivity index (χ1v) is 6.50. The highest BCUT2D eigenvalue weighted by Crippen LogP contribution is 2.18. The molecule has 1 aliphatic heterocycles. The lowest BCUT2D eigenvalue weighted by Crippen LogP contribution is -2.46. The largest absolute Gasteiger partial charge is 0.352 e. The molecule has 0 radical (unpaired) electrons. The Morgan fingerprint density at radius 1 is 1.47 bits per heavy atom. The van der Waals surface area contributed by atoms with E-state index in [0.29, 0.717) is 26.1 Å². The number of nitrogens with zero attached hydrogens (tertiary/aromatic N) is 5. The van der Waals surface area contributed by atoms with E-state index in [2.05, 4.69) is 20.8 Å². The summed E-state index contributed by atoms with van der Waals surface area (Å²) < 4.78 is 1.55. The number of rotatable bonds is 5. The molecule has 2 heterocycles. The quantitative estimate of drug-likeness (QED) is 0.752. The van der Waals surface area contributed by atoms with Crippen molar-refractivity contribution in [1.82, 2.24) is 30.4 Å². The van der Waals surface area contributed by atoms with Crippen molar-refractivity contribution in [2.75, 3.05) is 13.1 Å². The highest BCUT2D eigenvalue weighted by atomic mass is 16.2. The molecule has 1 fully saturated rings. The van der Waals surface area contributed by atoms with Gasteiger partial charge in [0.15, 0.2) is 0 Å². The predicted octanol–water partition coefficient (Wildman–Crippen LogP) is -0.810. The first-order chi connectivity index (χ1) is 9.22. The Morgan fingerprint density at radius 2 is 2.32 bits per heavy atom. The van der Waals surface area contributed by atoms with Crippen LogP contribution in [0.5, 0.6) is 0 Å². The Balaban J connectivity index is 1.80. The van der Waals surface area contributed by atoms with Crippen LogP contribution in [0.4, 0.5) is 0 Å². The van der Waals surface area contributed by atoms with Gasteiger partial charge in [0.1, 0.15) is 12.4 Å². The van der Waals surface area contributed by atoms with Gasteiger partial charge in [-0.25, -0.2) is 4.68 Å². The number of hydrogen-bond acceptors (Lipinski definition) is 5. The zero-order chi connectivity index (χ0) is 13.7. The molecule has 0 unspecified atom stereocenters. The van der Waals surface area contributed by atoms with Crippen molar-refractivity contribution in [2.45, 2.75) is 38.8 Å². The number of carbonyl (C=O) groups excluding carboxylic acids is 2. The summed E-state index contributed by atoms with van der Waals surface area (Å²) in [4.78, 5) is 25.4. The summed E-state index contributed by atoms with van der Waals surface area (Å²) in [5.74, 6) is -0.0505. The van der Waals surface area contributed by atoms with E-state index in [-0.39, 0.29) is 17.9 Å². The smallest absolute Gasteiger partial charge is 0.242 e. The van der Waals surface area contributed by atoms with Crippen LogP contribution in [0, 0.1) is 0 Å². The highest BCUT2D eigenvalue weighted by molar-refractivity contribution is 5.88. The molecule has 0 aromatic carbocycles. The maximum atomic E-state index is 12.0. The molecular formula is C11H18N6O2. The van der Waals surface area contributed by atoms with E-state index in [1.807, 2.05) is 6.92 Å². The van der Waals surface area contributed by atoms with Crippen LogP contribution >= 0.6 is 0 Å². The fourth-order valence-corrected chi connectivity index (χ4v) is 2.24. The van der Waals surface area contributed by atoms with Crippen molar-refractivity contribution in [2.24, 2.45) is 0 Å². The Kier molecular flexibility index (Phi) is 4.43. The van der Waals surface area contributed by atoms with Crippen LogP contribution in [0.3, 0.4) is 0 Å². The van der Waals surface area contributed by atoms with Crippen molar-refractivity contribution in [1.29, 1.82) is 0 Å². The number of likely N-dealkylation sites (tertiary alicyclic amines) is 1. The second-order valence-corrected chi connectivity index (χ2v) is 4.46. The topological polar surface area (TPSA) is 93.0 Å². The summed E-state index contributed by atoms with van der Waals surface area (Å²) in [6, 6.07) is -0.318. The van der Waals surface area contributed by atoms with E-state index < -0.39 is 0 Å². The first-order valence-electron chi connectivity index (χ1n) is 6.50. The fraction of sp³-hybridized carbons (Fsp3) is 0.727. The molecule has 8 heteroatoms. The maximum Gasteiger partial charge on any atom is 0.242 e. The molecule has 1 aliphatic rings. The number of carbonyl (C=O) groups is 2. The van der Waals surface area contributed by atoms with Crippen LogP contribution in [0.1, 0.15) is 26.2 Å². The van der Waals surface area contributed by atoms with Gasteiger partial charge in [0, 0.05) is 19.5 Å². The molecule has 104 valence electrons. The van der Waals surface area contributed by atoms with Crippen LogP contribution in [-0.2, 0) is 16.1 Å². The van der Waals surface area contributed by atoms with Crippen molar-refractivity contribution in [3.63, 3.8) is 0 Å². The second kappa shape index (κ2) is 6.26. The van der Waals surface area contributed by atoms with Crippen molar-refractivity contribution in [3.05, 3.63) is 6.33 Å². The molecule has 19 heavy (non-hydrogen) atoms. The molecule has 0 saturated carbocycles. The molecule has 1 atom stereocenters. The summed E-state index contributed by atoms with van der Waals surface area (Å²) >= 11 is 0. The monoisotopic (exact) mass is 266 g/mol. The third kappa shape index (κ3) is 3.27. The lowest BCUT2D eigenvalue weighted by molar-refractivity contribution is -0.138. The number of tetrazole rings is 1. The van der Waals surface area contributed by atoms with Gasteiger partial charge in [0.2, 0.25) is 11.8 Å². The fourth-order valence-electron chi connectivity index (χ4n) is 2.24. The van der Waals surface area contributed by atoms with E-state index >= 15 is 0 Å². The SMILES string of the molecule is CCC(=O)N1CCC[C@H]1C(=O)NCCn1cnnn1. The van der Waals surface area contributed by atoms with Gasteiger partial charge in [0.05, 0.1) is 6.54 Å². The highest BCUT2D eigenvalue weighted by Gasteiger charge is 2.32. The second-order valence-electron chi connectivity index (χ2n) is 4.46. The van der Waals surface area contributed by atoms with Crippen LogP contribution in [0.2, 0.25) is 0 Å². The van der Waals surface area contributed by atoms with Gasteiger partial charge in [-0.2, -0.15) is 0 Å². The van der Waals surface area contributed by atoms with Crippen molar-refractivity contribution in [3.8, 4) is 0 Å². The molecule has 1 aromatic rings. The molecule has 1 N–H and O–H groups in total. The predicted molar refractivity (Wildman–Crippen MR) is 65.9 cm³/mol. The number of nitrogens with one attached hydrogen (secondary N) is 1. The molecule has 0 aliphatic carbocycles. The van der Waals surface area contributed by atoms with E-state index in [1.54, 1.807) is 9.58 Å². The van der Waals surface area contributed by atoms with Gasteiger partial charge in [-0.1, -0.05) is 6.92 Å². The van der Waals surface area contributed by atoms with Crippen LogP contribution < -0.4 is 5.32 Å². The van der Waals surface area contributed by atoms with Crippen molar-refractivity contribution >= 4 is 11.8 Å². The standard InChI is InChI=1S/C11H18N6O2/c1-2-10(18)17-6-3-4-9(17)11(19)12-5-7-16-8-13-14-15-16/h8-9H,2-7H2,1H3,(H,12,19)/t9-/m0/s1. The van der Waals surface area contributed by atoms with E-state index in [4.69, 9.17) is 0 Å². The lowest BCUT2D eigenvalue weighted by Gasteiger charge is -2.23. The Morgan fingerprint density at radius 3 is 3.00 bits per heavy atom. The molecule has 1 aromatic heterocycles. The van der Waals surface area contributed by atoms with E-state index in [0.717, 1.165) is 12.8 Å². The minimum Gasteiger partial charge on any atom is -0.352 e. The number of hydrogen-bond donors (Lipinski definition) is 1. The van der Waals surface area contributed by atoms with Crippen molar-refractivity contribution < 1.29 is 9.59 Å². The summed E-state index contributed by atoms with van der Waals surface area (Å²) in [5.41, 5.74) is 0. The molecule has 2 amide bonds. The normalized spacial score (nSPS) is 18.6. The Labute approximate surface area is 111 Å². The molecule has 2 rings (SSSR count). The van der Waals surface area contributed by atoms with Gasteiger partial charge in [-0.05, 0) is 23.3 Å². The molecule has 8 nitrogen and oxygen atoms in total. The van der Waals surface area contributed by atoms with Gasteiger partial charge in [0.25, 0.3) is 0 Å². The minimum absolute atomic E-state index is 0.0399. The van der Waals surface area contributed by atoms with E-state index in [1.165, 1.54) is 6.33 Å². The zero-order valence-corrected chi connectivity index (χ0v) is 10.9. The zero-order valence-electron chi connectivity index (χ0n) is 10.9. The summed E-state index contributed by atoms with van der Waals surface area (Å²) in [5, 5.41) is 13.6. The van der Waals surface area contributed by atoms with Crippen LogP contribution in [0.25, 0.3) is 0 Å². The third-order valence-corrected chi connectivity index (χ3v) is 3.21. The van der Waals surface area contributed by atoms with E-state index in [9.17, 15) is 9.59 Å². The summed E-state index contributed by atoms with van der Waals surface area (Å²) in [6.07, 6.45) is 3.56. The minimum atomic E-state index is -0.318. The maximum absolute atomic E-state index is 12.0. The van der Waals surface area contributed by atoms with Gasteiger partial charge in [-0.15, -0.1) is 5.10 Å². The lowest BCUT2D eigenvalue weighted by atomic mass is 10.2. The average molecular weight is 266 g/mol. The average Bonchev–Trinajstić information content (AvgIpc) is 3.08. The van der Waals surface area contributed by atoms with Crippen LogP contribution in [0.15, 0.2) is 6.33 Å². The van der Waals surface area contributed by atoms with Crippen LogP contribution in [-0.4, -0.2) is 56.1 Å².